The zero-order valence-corrected chi connectivity index (χ0v) is 19.4. The quantitative estimate of drug-likeness (QED) is 0.295. The number of aryl methyl sites for hydroxylation is 1. The topological polar surface area (TPSA) is 43.4 Å². The van der Waals surface area contributed by atoms with Gasteiger partial charge in [0, 0.05) is 10.6 Å². The molecule has 0 bridgehead atoms. The summed E-state index contributed by atoms with van der Waals surface area (Å²) in [4.78, 5) is 1.21. The van der Waals surface area contributed by atoms with Crippen LogP contribution in [0, 0.1) is 12.8 Å². The van der Waals surface area contributed by atoms with Crippen LogP contribution in [0.1, 0.15) is 54.4 Å². The Morgan fingerprint density at radius 3 is 2.57 bits per heavy atom. The molecule has 1 saturated carbocycles. The molecule has 30 heavy (non-hydrogen) atoms. The average molecular weight is 443 g/mol. The molecule has 2 aliphatic rings. The van der Waals surface area contributed by atoms with E-state index in [9.17, 15) is 8.42 Å². The van der Waals surface area contributed by atoms with Crippen LogP contribution in [0.25, 0.3) is 11.1 Å². The maximum atomic E-state index is 11.3. The van der Waals surface area contributed by atoms with Gasteiger partial charge in [-0.15, -0.1) is 11.8 Å². The van der Waals surface area contributed by atoms with Gasteiger partial charge in [0.15, 0.2) is 0 Å². The highest BCUT2D eigenvalue weighted by atomic mass is 32.2. The first-order valence-corrected chi connectivity index (χ1v) is 13.6. The maximum absolute atomic E-state index is 11.3. The molecule has 0 radical (unpaired) electrons. The summed E-state index contributed by atoms with van der Waals surface area (Å²) in [6.07, 6.45) is 8.65. The predicted molar refractivity (Wildman–Crippen MR) is 126 cm³/mol. The fraction of sp³-hybridized carbons (Fsp3) is 0.440. The predicted octanol–water partition coefficient (Wildman–Crippen LogP) is 6.11. The second kappa shape index (κ2) is 9.29. The molecule has 0 N–H and O–H groups in total. The lowest BCUT2D eigenvalue weighted by Crippen LogP contribution is -2.09. The van der Waals surface area contributed by atoms with Gasteiger partial charge < -0.3 is 0 Å². The van der Waals surface area contributed by atoms with Crippen LogP contribution >= 0.6 is 11.8 Å². The summed E-state index contributed by atoms with van der Waals surface area (Å²) in [6, 6.07) is 15.5. The van der Waals surface area contributed by atoms with Crippen molar-refractivity contribution < 1.29 is 12.6 Å². The molecule has 0 amide bonds. The maximum Gasteiger partial charge on any atom is 0.264 e. The van der Waals surface area contributed by atoms with Crippen molar-refractivity contribution in [3.8, 4) is 0 Å². The van der Waals surface area contributed by atoms with E-state index in [-0.39, 0.29) is 6.61 Å². The summed E-state index contributed by atoms with van der Waals surface area (Å²) in [5.41, 5.74) is 8.54. The molecule has 2 aliphatic carbocycles. The second-order valence-electron chi connectivity index (χ2n) is 8.44. The van der Waals surface area contributed by atoms with Gasteiger partial charge >= 0.3 is 0 Å². The van der Waals surface area contributed by atoms with Crippen molar-refractivity contribution in [2.24, 2.45) is 5.92 Å². The number of benzene rings is 2. The van der Waals surface area contributed by atoms with Crippen molar-refractivity contribution in [1.82, 2.24) is 0 Å². The van der Waals surface area contributed by atoms with Gasteiger partial charge in [0.1, 0.15) is 0 Å². The van der Waals surface area contributed by atoms with Gasteiger partial charge in [-0.05, 0) is 66.0 Å². The Morgan fingerprint density at radius 1 is 1.03 bits per heavy atom. The molecule has 2 aromatic carbocycles. The number of rotatable bonds is 7. The van der Waals surface area contributed by atoms with Crippen LogP contribution < -0.4 is 0 Å². The second-order valence-corrected chi connectivity index (χ2v) is 11.2. The standard InChI is InChI=1S/C25H30O3S2/c1-18-12-13-21-20(16-18)17-23(25(21)19-8-4-3-5-9-19)22-10-6-7-11-24(22)29-15-14-28-30(2,26)27/h6-7,10-13,16,19H,3-5,8-9,14-15,17H2,1-2H3. The number of hydrogen-bond donors (Lipinski definition) is 0. The Kier molecular flexibility index (Phi) is 6.71. The molecular weight excluding hydrogens is 412 g/mol. The number of thioether (sulfide) groups is 1. The minimum atomic E-state index is -3.39. The third-order valence-corrected chi connectivity index (χ3v) is 7.74. The molecule has 3 nitrogen and oxygen atoms in total. The van der Waals surface area contributed by atoms with Gasteiger partial charge in [-0.25, -0.2) is 0 Å². The summed E-state index contributed by atoms with van der Waals surface area (Å²) in [5.74, 6) is 1.26. The third kappa shape index (κ3) is 5.01. The Balaban J connectivity index is 1.67. The van der Waals surface area contributed by atoms with Crippen LogP contribution in [0.15, 0.2) is 47.4 Å². The summed E-state index contributed by atoms with van der Waals surface area (Å²) < 4.78 is 27.4. The highest BCUT2D eigenvalue weighted by Crippen LogP contribution is 2.48. The van der Waals surface area contributed by atoms with Crippen molar-refractivity contribution in [2.75, 3.05) is 18.6 Å². The fourth-order valence-electron chi connectivity index (χ4n) is 4.86. The minimum Gasteiger partial charge on any atom is -0.269 e. The lowest BCUT2D eigenvalue weighted by atomic mass is 9.79. The van der Waals surface area contributed by atoms with E-state index in [2.05, 4.69) is 49.4 Å². The van der Waals surface area contributed by atoms with E-state index in [1.165, 1.54) is 64.8 Å². The Bertz CT molecular complexity index is 1050. The highest BCUT2D eigenvalue weighted by Gasteiger charge is 2.30. The van der Waals surface area contributed by atoms with Crippen molar-refractivity contribution in [2.45, 2.75) is 50.3 Å². The molecule has 0 saturated heterocycles. The lowest BCUT2D eigenvalue weighted by molar-refractivity contribution is 0.345. The summed E-state index contributed by atoms with van der Waals surface area (Å²) in [5, 5.41) is 0. The van der Waals surface area contributed by atoms with Gasteiger partial charge in [0.05, 0.1) is 12.9 Å². The van der Waals surface area contributed by atoms with E-state index in [0.29, 0.717) is 11.7 Å². The van der Waals surface area contributed by atoms with Crippen LogP contribution in [0.2, 0.25) is 0 Å². The van der Waals surface area contributed by atoms with E-state index >= 15 is 0 Å². The highest BCUT2D eigenvalue weighted by molar-refractivity contribution is 7.99. The molecule has 160 valence electrons. The molecule has 2 aromatic rings. The molecular formula is C25H30O3S2. The zero-order chi connectivity index (χ0) is 21.1. The summed E-state index contributed by atoms with van der Waals surface area (Å²) >= 11 is 1.68. The van der Waals surface area contributed by atoms with Crippen molar-refractivity contribution in [1.29, 1.82) is 0 Å². The van der Waals surface area contributed by atoms with E-state index in [0.717, 1.165) is 12.7 Å². The first-order chi connectivity index (χ1) is 14.4. The Morgan fingerprint density at radius 2 is 1.80 bits per heavy atom. The van der Waals surface area contributed by atoms with Crippen LogP contribution in [0.5, 0.6) is 0 Å². The number of fused-ring (bicyclic) bond motifs is 1. The summed E-state index contributed by atoms with van der Waals surface area (Å²) in [6.45, 7) is 2.37. The van der Waals surface area contributed by atoms with Crippen molar-refractivity contribution in [3.63, 3.8) is 0 Å². The van der Waals surface area contributed by atoms with Crippen LogP contribution in [-0.4, -0.2) is 27.0 Å². The smallest absolute Gasteiger partial charge is 0.264 e. The number of allylic oxidation sites excluding steroid dienone is 2. The Hall–Kier alpha value is -1.56. The Labute approximate surface area is 185 Å². The lowest BCUT2D eigenvalue weighted by Gasteiger charge is -2.26. The SMILES string of the molecule is Cc1ccc2c(c1)CC(c1ccccc1SCCOS(C)(=O)=O)=C2C1CCCCC1. The van der Waals surface area contributed by atoms with Gasteiger partial charge in [0.2, 0.25) is 0 Å². The van der Waals surface area contributed by atoms with Crippen LogP contribution in [0.4, 0.5) is 0 Å². The van der Waals surface area contributed by atoms with Crippen molar-refractivity contribution >= 4 is 33.0 Å². The number of hydrogen-bond acceptors (Lipinski definition) is 4. The van der Waals surface area contributed by atoms with E-state index in [4.69, 9.17) is 4.18 Å². The zero-order valence-electron chi connectivity index (χ0n) is 17.8. The van der Waals surface area contributed by atoms with Crippen molar-refractivity contribution in [3.05, 3.63) is 64.7 Å². The molecule has 0 spiro atoms. The van der Waals surface area contributed by atoms with E-state index in [1.807, 2.05) is 0 Å². The molecule has 0 aliphatic heterocycles. The van der Waals surface area contributed by atoms with Gasteiger partial charge in [-0.1, -0.05) is 61.2 Å². The molecule has 0 atom stereocenters. The molecule has 1 fully saturated rings. The van der Waals surface area contributed by atoms with Gasteiger partial charge in [0.25, 0.3) is 10.1 Å². The monoisotopic (exact) mass is 442 g/mol. The molecule has 0 heterocycles. The molecule has 5 heteroatoms. The first kappa shape index (κ1) is 21.7. The van der Waals surface area contributed by atoms with Gasteiger partial charge in [-0.3, -0.25) is 4.18 Å². The largest absolute Gasteiger partial charge is 0.269 e. The normalized spacial score (nSPS) is 17.4. The third-order valence-electron chi connectivity index (χ3n) is 6.11. The molecule has 4 rings (SSSR count). The van der Waals surface area contributed by atoms with Crippen LogP contribution in [-0.2, 0) is 20.7 Å². The van der Waals surface area contributed by atoms with E-state index < -0.39 is 10.1 Å². The van der Waals surface area contributed by atoms with Gasteiger partial charge in [-0.2, -0.15) is 8.42 Å². The average Bonchev–Trinajstić information content (AvgIpc) is 3.09. The first-order valence-electron chi connectivity index (χ1n) is 10.8. The van der Waals surface area contributed by atoms with E-state index in [1.54, 1.807) is 17.3 Å². The molecule has 0 unspecified atom stereocenters. The minimum absolute atomic E-state index is 0.200. The van der Waals surface area contributed by atoms with Crippen LogP contribution in [0.3, 0.4) is 0 Å². The molecule has 0 aromatic heterocycles. The summed E-state index contributed by atoms with van der Waals surface area (Å²) in [7, 11) is -3.39. The fourth-order valence-corrected chi connectivity index (χ4v) is 6.26.